The fourth-order valence-electron chi connectivity index (χ4n) is 2.85. The number of hydrogen-bond acceptors (Lipinski definition) is 4. The molecule has 0 saturated heterocycles. The minimum Gasteiger partial charge on any atom is -0.748 e. The van der Waals surface area contributed by atoms with Crippen molar-refractivity contribution in [3.8, 4) is 0 Å². The largest absolute Gasteiger partial charge is 1.00 e. The second-order valence-electron chi connectivity index (χ2n) is 6.74. The molecule has 0 aromatic heterocycles. The summed E-state index contributed by atoms with van der Waals surface area (Å²) in [6.45, 7) is 2.23. The molecule has 4 nitrogen and oxygen atoms in total. The van der Waals surface area contributed by atoms with Crippen molar-refractivity contribution < 1.29 is 47.6 Å². The molecule has 0 heterocycles. The van der Waals surface area contributed by atoms with Crippen LogP contribution in [-0.4, -0.2) is 29.9 Å². The van der Waals surface area contributed by atoms with E-state index in [9.17, 15) is 18.1 Å². The molecular formula is C18H37NaO4S. The average Bonchev–Trinajstić information content (AvgIpc) is 2.48. The van der Waals surface area contributed by atoms with Crippen molar-refractivity contribution in [3.63, 3.8) is 0 Å². The summed E-state index contributed by atoms with van der Waals surface area (Å²) in [7, 11) is -4.03. The van der Waals surface area contributed by atoms with E-state index in [1.54, 1.807) is 0 Å². The van der Waals surface area contributed by atoms with E-state index in [0.29, 0.717) is 6.42 Å². The van der Waals surface area contributed by atoms with E-state index in [2.05, 4.69) is 6.92 Å². The molecule has 0 aliphatic heterocycles. The number of hydrogen-bond donors (Lipinski definition) is 1. The minimum absolute atomic E-state index is 0. The first-order chi connectivity index (χ1) is 11.0. The van der Waals surface area contributed by atoms with E-state index in [0.717, 1.165) is 51.4 Å². The van der Waals surface area contributed by atoms with Gasteiger partial charge >= 0.3 is 29.6 Å². The second kappa shape index (κ2) is 18.7. The molecule has 0 aromatic rings. The molecule has 0 rings (SSSR count). The van der Waals surface area contributed by atoms with Crippen molar-refractivity contribution in [3.05, 3.63) is 0 Å². The van der Waals surface area contributed by atoms with E-state index < -0.39 is 10.1 Å². The fourth-order valence-corrected chi connectivity index (χ4v) is 3.40. The normalized spacial score (nSPS) is 12.8. The third-order valence-electron chi connectivity index (χ3n) is 4.32. The molecule has 0 amide bonds. The molecule has 140 valence electrons. The van der Waals surface area contributed by atoms with Crippen LogP contribution in [-0.2, 0) is 10.1 Å². The van der Waals surface area contributed by atoms with Crippen LogP contribution in [0.3, 0.4) is 0 Å². The minimum atomic E-state index is -4.03. The topological polar surface area (TPSA) is 77.4 Å². The van der Waals surface area contributed by atoms with Crippen molar-refractivity contribution in [1.29, 1.82) is 0 Å². The van der Waals surface area contributed by atoms with Crippen LogP contribution >= 0.6 is 0 Å². The summed E-state index contributed by atoms with van der Waals surface area (Å²) in [6, 6.07) is 0. The van der Waals surface area contributed by atoms with Gasteiger partial charge in [-0.05, 0) is 19.3 Å². The quantitative estimate of drug-likeness (QED) is 0.240. The maximum Gasteiger partial charge on any atom is 1.00 e. The SMILES string of the molecule is CCCCCCCCCC(O)CCCCCCCCS(=O)(=O)[O-].[Na+]. The van der Waals surface area contributed by atoms with E-state index >= 15 is 0 Å². The standard InChI is InChI=1S/C18H38O4S.Na/c1-2-3-4-5-6-9-12-15-18(19)16-13-10-7-8-11-14-17-23(20,21)22;/h18-19H,2-17H2,1H3,(H,20,21,22);/q;+1/p-1. The zero-order valence-electron chi connectivity index (χ0n) is 16.0. The van der Waals surface area contributed by atoms with Gasteiger partial charge in [-0.2, -0.15) is 0 Å². The van der Waals surface area contributed by atoms with Gasteiger partial charge in [-0.3, -0.25) is 0 Å². The Hall–Kier alpha value is 0.870. The smallest absolute Gasteiger partial charge is 0.748 e. The molecule has 1 N–H and O–H groups in total. The molecule has 6 heteroatoms. The molecule has 0 aromatic carbocycles. The number of rotatable bonds is 17. The Morgan fingerprint density at radius 1 is 0.750 bits per heavy atom. The first kappa shape index (κ1) is 27.1. The van der Waals surface area contributed by atoms with Crippen LogP contribution in [0.1, 0.15) is 103 Å². The molecule has 1 unspecified atom stereocenters. The van der Waals surface area contributed by atoms with Gasteiger partial charge in [-0.15, -0.1) is 0 Å². The maximum atomic E-state index is 10.4. The van der Waals surface area contributed by atoms with Gasteiger partial charge in [0.15, 0.2) is 0 Å². The Morgan fingerprint density at radius 2 is 1.12 bits per heavy atom. The third-order valence-corrected chi connectivity index (χ3v) is 5.11. The molecule has 0 radical (unpaired) electrons. The Bertz CT molecular complexity index is 347. The molecule has 0 spiro atoms. The van der Waals surface area contributed by atoms with Crippen LogP contribution < -0.4 is 29.6 Å². The van der Waals surface area contributed by atoms with Crippen LogP contribution in [0.5, 0.6) is 0 Å². The number of aliphatic hydroxyl groups is 1. The van der Waals surface area contributed by atoms with E-state index in [1.165, 1.54) is 38.5 Å². The zero-order chi connectivity index (χ0) is 17.4. The molecule has 1 atom stereocenters. The van der Waals surface area contributed by atoms with E-state index in [-0.39, 0.29) is 41.4 Å². The molecule has 0 bridgehead atoms. The van der Waals surface area contributed by atoms with E-state index in [4.69, 9.17) is 0 Å². The fraction of sp³-hybridized carbons (Fsp3) is 1.00. The third kappa shape index (κ3) is 22.9. The van der Waals surface area contributed by atoms with Crippen LogP contribution in [0.15, 0.2) is 0 Å². The summed E-state index contributed by atoms with van der Waals surface area (Å²) in [4.78, 5) is 0. The van der Waals surface area contributed by atoms with Crippen LogP contribution in [0.2, 0.25) is 0 Å². The summed E-state index contributed by atoms with van der Waals surface area (Å²) < 4.78 is 31.3. The van der Waals surface area contributed by atoms with Gasteiger partial charge in [-0.25, -0.2) is 8.42 Å². The average molecular weight is 373 g/mol. The van der Waals surface area contributed by atoms with Gasteiger partial charge in [0.2, 0.25) is 0 Å². The number of unbranched alkanes of at least 4 members (excludes halogenated alkanes) is 11. The summed E-state index contributed by atoms with van der Waals surface area (Å²) in [5.74, 6) is -0.232. The first-order valence-electron chi connectivity index (χ1n) is 9.57. The summed E-state index contributed by atoms with van der Waals surface area (Å²) in [5, 5.41) is 9.92. The maximum absolute atomic E-state index is 10.4. The van der Waals surface area contributed by atoms with Crippen LogP contribution in [0.25, 0.3) is 0 Å². The Morgan fingerprint density at radius 3 is 1.54 bits per heavy atom. The number of aliphatic hydroxyl groups excluding tert-OH is 1. The van der Waals surface area contributed by atoms with Gasteiger partial charge in [0, 0.05) is 5.75 Å². The molecular weight excluding hydrogens is 335 g/mol. The molecule has 24 heavy (non-hydrogen) atoms. The summed E-state index contributed by atoms with van der Waals surface area (Å²) in [5.41, 5.74) is 0. The molecule has 0 aliphatic carbocycles. The van der Waals surface area contributed by atoms with Crippen LogP contribution in [0, 0.1) is 0 Å². The molecule has 0 saturated carbocycles. The van der Waals surface area contributed by atoms with Crippen molar-refractivity contribution in [2.75, 3.05) is 5.75 Å². The summed E-state index contributed by atoms with van der Waals surface area (Å²) >= 11 is 0. The predicted octanol–water partition coefficient (Wildman–Crippen LogP) is 1.77. The van der Waals surface area contributed by atoms with Gasteiger partial charge in [-0.1, -0.05) is 84.0 Å². The Labute approximate surface area is 172 Å². The molecule has 0 aliphatic rings. The summed E-state index contributed by atoms with van der Waals surface area (Å²) in [6.07, 6.45) is 16.1. The molecule has 0 fully saturated rings. The Kier molecular flexibility index (Phi) is 21.1. The van der Waals surface area contributed by atoms with Crippen LogP contribution in [0.4, 0.5) is 0 Å². The Balaban J connectivity index is 0. The van der Waals surface area contributed by atoms with Gasteiger partial charge < -0.3 is 9.66 Å². The van der Waals surface area contributed by atoms with Gasteiger partial charge in [0.05, 0.1) is 16.2 Å². The monoisotopic (exact) mass is 372 g/mol. The van der Waals surface area contributed by atoms with E-state index in [1.807, 2.05) is 0 Å². The van der Waals surface area contributed by atoms with Crippen molar-refractivity contribution in [2.24, 2.45) is 0 Å². The van der Waals surface area contributed by atoms with Crippen molar-refractivity contribution in [1.82, 2.24) is 0 Å². The van der Waals surface area contributed by atoms with Crippen molar-refractivity contribution in [2.45, 2.75) is 109 Å². The predicted molar refractivity (Wildman–Crippen MR) is 95.5 cm³/mol. The van der Waals surface area contributed by atoms with Gasteiger partial charge in [0.1, 0.15) is 0 Å². The second-order valence-corrected chi connectivity index (χ2v) is 8.26. The first-order valence-corrected chi connectivity index (χ1v) is 11.1. The van der Waals surface area contributed by atoms with Crippen molar-refractivity contribution >= 4 is 10.1 Å². The zero-order valence-corrected chi connectivity index (χ0v) is 18.8. The van der Waals surface area contributed by atoms with Gasteiger partial charge in [0.25, 0.3) is 0 Å².